The van der Waals surface area contributed by atoms with Gasteiger partial charge in [-0.15, -0.1) is 5.10 Å². The van der Waals surface area contributed by atoms with Gasteiger partial charge in [0.2, 0.25) is 11.1 Å². The number of nitrogens with zero attached hydrogens (tertiary/aromatic N) is 3. The second-order valence-corrected chi connectivity index (χ2v) is 10.2. The molecule has 0 amide bonds. The van der Waals surface area contributed by atoms with E-state index in [4.69, 9.17) is 14.6 Å². The van der Waals surface area contributed by atoms with Gasteiger partial charge in [0.15, 0.2) is 0 Å². The van der Waals surface area contributed by atoms with Gasteiger partial charge in [-0.1, -0.05) is 87.3 Å². The lowest BCUT2D eigenvalue weighted by Gasteiger charge is -2.28. The number of hydrogen-bond donors (Lipinski definition) is 1. The number of allylic oxidation sites excluding steroid dienone is 1. The molecule has 1 atom stereocenters. The number of unbranched alkanes of at least 4 members (excludes halogenated alkanes) is 3. The molecule has 0 fully saturated rings. The van der Waals surface area contributed by atoms with E-state index in [9.17, 15) is 4.79 Å². The van der Waals surface area contributed by atoms with Crippen LogP contribution in [0.25, 0.3) is 0 Å². The fraction of sp³-hybridized carbons (Fsp3) is 0.414. The number of carbonyl (C=O) groups excluding carboxylic acids is 1. The van der Waals surface area contributed by atoms with Crippen LogP contribution in [0.1, 0.15) is 70.0 Å². The zero-order valence-electron chi connectivity index (χ0n) is 21.9. The summed E-state index contributed by atoms with van der Waals surface area (Å²) in [6.45, 7) is 7.12. The topological polar surface area (TPSA) is 78.3 Å². The quantitative estimate of drug-likeness (QED) is 0.151. The Morgan fingerprint density at radius 1 is 1.03 bits per heavy atom. The summed E-state index contributed by atoms with van der Waals surface area (Å²) in [4.78, 5) is 18.1. The Hall–Kier alpha value is -3.26. The van der Waals surface area contributed by atoms with E-state index >= 15 is 0 Å². The summed E-state index contributed by atoms with van der Waals surface area (Å²) in [5.41, 5.74) is 3.10. The Labute approximate surface area is 223 Å². The summed E-state index contributed by atoms with van der Waals surface area (Å²) in [7, 11) is 0. The van der Waals surface area contributed by atoms with E-state index in [-0.39, 0.29) is 12.6 Å². The molecule has 0 radical (unpaired) electrons. The van der Waals surface area contributed by atoms with Crippen LogP contribution in [0, 0.1) is 0 Å². The minimum atomic E-state index is -0.457. The van der Waals surface area contributed by atoms with Gasteiger partial charge in [0.1, 0.15) is 18.4 Å². The third kappa shape index (κ3) is 6.95. The molecule has 1 aromatic heterocycles. The number of benzene rings is 2. The van der Waals surface area contributed by atoms with E-state index in [1.807, 2.05) is 61.5 Å². The minimum absolute atomic E-state index is 0.204. The van der Waals surface area contributed by atoms with Gasteiger partial charge in [0.05, 0.1) is 12.2 Å². The molecule has 1 unspecified atom stereocenters. The minimum Gasteiger partial charge on any atom is -0.494 e. The van der Waals surface area contributed by atoms with E-state index in [0.717, 1.165) is 35.5 Å². The largest absolute Gasteiger partial charge is 0.494 e. The Kier molecular flexibility index (Phi) is 9.65. The maximum absolute atomic E-state index is 13.4. The molecule has 1 aliphatic rings. The molecule has 0 spiro atoms. The average molecular weight is 521 g/mol. The summed E-state index contributed by atoms with van der Waals surface area (Å²) in [6.07, 6.45) is 5.68. The van der Waals surface area contributed by atoms with Crippen LogP contribution in [-0.2, 0) is 16.1 Å². The number of aromatic nitrogens is 3. The van der Waals surface area contributed by atoms with Crippen molar-refractivity contribution in [3.05, 3.63) is 77.0 Å². The molecule has 1 N–H and O–H groups in total. The zero-order valence-corrected chi connectivity index (χ0v) is 22.7. The van der Waals surface area contributed by atoms with Crippen LogP contribution < -0.4 is 10.1 Å². The molecule has 4 rings (SSSR count). The lowest BCUT2D eigenvalue weighted by molar-refractivity contribution is -0.140. The average Bonchev–Trinajstić information content (AvgIpc) is 3.33. The predicted octanol–water partition coefficient (Wildman–Crippen LogP) is 6.77. The van der Waals surface area contributed by atoms with Crippen molar-refractivity contribution in [1.82, 2.24) is 14.8 Å². The number of ether oxygens (including phenoxy) is 2. The molecule has 2 aromatic carbocycles. The first-order valence-electron chi connectivity index (χ1n) is 13.1. The van der Waals surface area contributed by atoms with Crippen LogP contribution in [0.15, 0.2) is 71.0 Å². The summed E-state index contributed by atoms with van der Waals surface area (Å²) in [5.74, 6) is 1.99. The molecule has 0 saturated carbocycles. The van der Waals surface area contributed by atoms with E-state index in [2.05, 4.69) is 24.1 Å². The molecular weight excluding hydrogens is 484 g/mol. The van der Waals surface area contributed by atoms with Gasteiger partial charge in [-0.3, -0.25) is 0 Å². The molecule has 37 heavy (non-hydrogen) atoms. The van der Waals surface area contributed by atoms with Gasteiger partial charge >= 0.3 is 5.97 Å². The van der Waals surface area contributed by atoms with Gasteiger partial charge < -0.3 is 14.8 Å². The van der Waals surface area contributed by atoms with Gasteiger partial charge in [0.25, 0.3) is 0 Å². The lowest BCUT2D eigenvalue weighted by atomic mass is 9.95. The van der Waals surface area contributed by atoms with E-state index < -0.39 is 6.04 Å². The molecule has 2 heterocycles. The lowest BCUT2D eigenvalue weighted by Crippen LogP contribution is -2.29. The van der Waals surface area contributed by atoms with Crippen LogP contribution in [0.4, 0.5) is 5.95 Å². The molecule has 0 saturated heterocycles. The maximum atomic E-state index is 13.4. The fourth-order valence-corrected chi connectivity index (χ4v) is 4.91. The number of rotatable bonds is 13. The standard InChI is InChI=1S/C29H36N4O3S/c1-4-6-7-11-18-35-24-16-14-23(15-17-24)26-25(27(34)36-20-22-12-9-8-10-13-22)21(3)30-28-31-29(32-33(26)28)37-19-5-2/h8-10,12-17,26H,4-7,11,18-20H2,1-3H3,(H,30,31,32). The Morgan fingerprint density at radius 2 is 1.81 bits per heavy atom. The van der Waals surface area contributed by atoms with Crippen molar-refractivity contribution in [1.29, 1.82) is 0 Å². The Bertz CT molecular complexity index is 1190. The number of carbonyl (C=O) groups is 1. The Balaban J connectivity index is 1.58. The molecule has 196 valence electrons. The fourth-order valence-electron chi connectivity index (χ4n) is 4.22. The SMILES string of the molecule is CCCCCCOc1ccc(C2C(C(=O)OCc3ccccc3)=C(C)Nc3nc(SCCC)nn32)cc1. The van der Waals surface area contributed by atoms with Crippen LogP contribution >= 0.6 is 11.8 Å². The Morgan fingerprint density at radius 3 is 2.54 bits per heavy atom. The second-order valence-electron chi connectivity index (χ2n) is 9.12. The zero-order chi connectivity index (χ0) is 26.0. The second kappa shape index (κ2) is 13.3. The summed E-state index contributed by atoms with van der Waals surface area (Å²) >= 11 is 1.61. The third-order valence-electron chi connectivity index (χ3n) is 6.16. The first-order chi connectivity index (χ1) is 18.1. The maximum Gasteiger partial charge on any atom is 0.338 e. The smallest absolute Gasteiger partial charge is 0.338 e. The van der Waals surface area contributed by atoms with Crippen LogP contribution in [0.3, 0.4) is 0 Å². The number of fused-ring (bicyclic) bond motifs is 1. The van der Waals surface area contributed by atoms with E-state index in [1.165, 1.54) is 19.3 Å². The van der Waals surface area contributed by atoms with Crippen molar-refractivity contribution in [3.8, 4) is 5.75 Å². The van der Waals surface area contributed by atoms with Crippen LogP contribution in [0.5, 0.6) is 5.75 Å². The number of nitrogens with one attached hydrogen (secondary N) is 1. The van der Waals surface area contributed by atoms with Gasteiger partial charge in [-0.2, -0.15) is 4.98 Å². The molecular formula is C29H36N4O3S. The highest BCUT2D eigenvalue weighted by Gasteiger charge is 2.35. The first-order valence-corrected chi connectivity index (χ1v) is 14.1. The summed E-state index contributed by atoms with van der Waals surface area (Å²) in [5, 5.41) is 8.72. The van der Waals surface area contributed by atoms with Crippen molar-refractivity contribution in [2.24, 2.45) is 0 Å². The molecule has 8 heteroatoms. The predicted molar refractivity (Wildman–Crippen MR) is 148 cm³/mol. The highest BCUT2D eigenvalue weighted by molar-refractivity contribution is 7.99. The normalized spacial score (nSPS) is 14.7. The van der Waals surface area contributed by atoms with Crippen molar-refractivity contribution in [2.75, 3.05) is 17.7 Å². The number of thioether (sulfide) groups is 1. The van der Waals surface area contributed by atoms with Crippen molar-refractivity contribution < 1.29 is 14.3 Å². The molecule has 3 aromatic rings. The molecule has 0 aliphatic carbocycles. The monoisotopic (exact) mass is 520 g/mol. The van der Waals surface area contributed by atoms with Crippen LogP contribution in [-0.4, -0.2) is 33.1 Å². The third-order valence-corrected chi connectivity index (χ3v) is 7.21. The van der Waals surface area contributed by atoms with Crippen LogP contribution in [0.2, 0.25) is 0 Å². The summed E-state index contributed by atoms with van der Waals surface area (Å²) in [6, 6.07) is 17.2. The van der Waals surface area contributed by atoms with E-state index in [0.29, 0.717) is 29.0 Å². The number of esters is 1. The van der Waals surface area contributed by atoms with Gasteiger partial charge in [-0.25, -0.2) is 9.48 Å². The van der Waals surface area contributed by atoms with E-state index in [1.54, 1.807) is 16.4 Å². The van der Waals surface area contributed by atoms with Crippen molar-refractivity contribution in [3.63, 3.8) is 0 Å². The van der Waals surface area contributed by atoms with Crippen molar-refractivity contribution in [2.45, 2.75) is 70.7 Å². The molecule has 7 nitrogen and oxygen atoms in total. The summed E-state index contributed by atoms with van der Waals surface area (Å²) < 4.78 is 13.5. The van der Waals surface area contributed by atoms with Gasteiger partial charge in [0, 0.05) is 11.4 Å². The van der Waals surface area contributed by atoms with Gasteiger partial charge in [-0.05, 0) is 43.0 Å². The number of hydrogen-bond acceptors (Lipinski definition) is 7. The number of anilines is 1. The first kappa shape index (κ1) is 26.8. The highest BCUT2D eigenvalue weighted by atomic mass is 32.2. The molecule has 0 bridgehead atoms. The highest BCUT2D eigenvalue weighted by Crippen LogP contribution is 2.37. The molecule has 1 aliphatic heterocycles. The van der Waals surface area contributed by atoms with Crippen molar-refractivity contribution >= 4 is 23.7 Å².